The van der Waals surface area contributed by atoms with Gasteiger partial charge >= 0.3 is 0 Å². The number of amides is 2. The molecule has 2 N–H and O–H groups in total. The first-order valence-corrected chi connectivity index (χ1v) is 11.6. The van der Waals surface area contributed by atoms with E-state index in [0.717, 1.165) is 49.4 Å². The highest BCUT2D eigenvalue weighted by Gasteiger charge is 2.27. The maximum absolute atomic E-state index is 13.2. The molecule has 180 valence electrons. The number of carbonyl (C=O) groups is 2. The average molecular weight is 458 g/mol. The number of nitrogens with one attached hydrogen (secondary N) is 1. The van der Waals surface area contributed by atoms with Gasteiger partial charge in [0.2, 0.25) is 0 Å². The van der Waals surface area contributed by atoms with Crippen LogP contribution in [-0.2, 0) is 9.53 Å². The number of ether oxygens (including phenoxy) is 2. The van der Waals surface area contributed by atoms with Gasteiger partial charge in [0, 0.05) is 55.4 Å². The Kier molecular flexibility index (Phi) is 8.63. The number of anilines is 1. The van der Waals surface area contributed by atoms with Gasteiger partial charge in [-0.1, -0.05) is 5.57 Å². The summed E-state index contributed by atoms with van der Waals surface area (Å²) in [7, 11) is 0. The number of aliphatic hydroxyl groups is 1. The van der Waals surface area contributed by atoms with E-state index in [1.807, 2.05) is 26.0 Å². The molecule has 2 aliphatic heterocycles. The Labute approximate surface area is 195 Å². The van der Waals surface area contributed by atoms with E-state index in [0.29, 0.717) is 23.1 Å². The summed E-state index contributed by atoms with van der Waals surface area (Å²) in [6.45, 7) is 10.1. The highest BCUT2D eigenvalue weighted by Crippen LogP contribution is 2.33. The van der Waals surface area contributed by atoms with Crippen LogP contribution in [0.5, 0.6) is 5.75 Å². The summed E-state index contributed by atoms with van der Waals surface area (Å²) in [4.78, 5) is 31.9. The number of hydrogen-bond acceptors (Lipinski definition) is 6. The number of dihydropyridines is 1. The van der Waals surface area contributed by atoms with E-state index >= 15 is 0 Å². The topological polar surface area (TPSA) is 100 Å². The van der Waals surface area contributed by atoms with E-state index in [9.17, 15) is 14.7 Å². The minimum Gasteiger partial charge on any atom is -0.491 e. The molecule has 1 atom stereocenters. The zero-order chi connectivity index (χ0) is 24.0. The van der Waals surface area contributed by atoms with E-state index in [1.165, 1.54) is 0 Å². The molecule has 0 saturated carbocycles. The first kappa shape index (κ1) is 24.9. The van der Waals surface area contributed by atoms with Crippen LogP contribution < -0.4 is 15.0 Å². The van der Waals surface area contributed by atoms with Gasteiger partial charge in [-0.2, -0.15) is 0 Å². The van der Waals surface area contributed by atoms with E-state index in [-0.39, 0.29) is 31.6 Å². The summed E-state index contributed by atoms with van der Waals surface area (Å²) in [6, 6.07) is 3.96. The summed E-state index contributed by atoms with van der Waals surface area (Å²) in [5.74, 6) is -0.425. The molecule has 2 heterocycles. The van der Waals surface area contributed by atoms with Crippen LogP contribution in [0.25, 0.3) is 0 Å². The Morgan fingerprint density at radius 3 is 2.64 bits per heavy atom. The Balaban J connectivity index is 1.86. The summed E-state index contributed by atoms with van der Waals surface area (Å²) in [6.07, 6.45) is 3.72. The number of benzene rings is 1. The Morgan fingerprint density at radius 2 is 2.00 bits per heavy atom. The molecular weight excluding hydrogens is 422 g/mol. The van der Waals surface area contributed by atoms with Gasteiger partial charge in [-0.05, 0) is 58.2 Å². The molecule has 0 aromatic heterocycles. The van der Waals surface area contributed by atoms with Crippen molar-refractivity contribution in [3.8, 4) is 5.75 Å². The van der Waals surface area contributed by atoms with Crippen LogP contribution in [0.4, 0.5) is 5.69 Å². The quantitative estimate of drug-likeness (QED) is 0.591. The summed E-state index contributed by atoms with van der Waals surface area (Å²) in [5, 5.41) is 12.1. The molecule has 0 aliphatic carbocycles. The first-order chi connectivity index (χ1) is 15.8. The van der Waals surface area contributed by atoms with Crippen molar-refractivity contribution in [2.45, 2.75) is 46.6 Å². The summed E-state index contributed by atoms with van der Waals surface area (Å²) >= 11 is 0. The molecular formula is C25H35N3O5. The van der Waals surface area contributed by atoms with Crippen molar-refractivity contribution >= 4 is 23.2 Å². The number of aliphatic hydroxyl groups excluding tert-OH is 1. The van der Waals surface area contributed by atoms with Gasteiger partial charge in [0.25, 0.3) is 11.8 Å². The van der Waals surface area contributed by atoms with Crippen molar-refractivity contribution in [2.24, 2.45) is 10.9 Å². The third kappa shape index (κ3) is 6.00. The molecule has 2 amide bonds. The molecule has 1 aromatic rings. The maximum atomic E-state index is 13.2. The zero-order valence-electron chi connectivity index (χ0n) is 20.0. The molecule has 3 rings (SSSR count). The van der Waals surface area contributed by atoms with Gasteiger partial charge in [0.15, 0.2) is 0 Å². The smallest absolute Gasteiger partial charge is 0.254 e. The zero-order valence-corrected chi connectivity index (χ0v) is 20.0. The second-order valence-electron chi connectivity index (χ2n) is 8.56. The molecule has 0 radical (unpaired) electrons. The number of aliphatic imine (C=N–C) groups is 1. The first-order valence-electron chi connectivity index (χ1n) is 11.6. The molecule has 1 fully saturated rings. The molecule has 1 unspecified atom stereocenters. The number of nitrogens with zero attached hydrogens (tertiary/aromatic N) is 2. The van der Waals surface area contributed by atoms with Crippen molar-refractivity contribution in [2.75, 3.05) is 44.4 Å². The molecule has 0 bridgehead atoms. The van der Waals surface area contributed by atoms with Crippen LogP contribution in [-0.4, -0.2) is 68.2 Å². The number of rotatable bonds is 9. The molecule has 1 saturated heterocycles. The monoisotopic (exact) mass is 457 g/mol. The van der Waals surface area contributed by atoms with Crippen LogP contribution >= 0.6 is 0 Å². The van der Waals surface area contributed by atoms with Crippen LogP contribution in [0.3, 0.4) is 0 Å². The van der Waals surface area contributed by atoms with Crippen LogP contribution in [0.1, 0.15) is 49.5 Å². The van der Waals surface area contributed by atoms with Gasteiger partial charge in [0.05, 0.1) is 12.5 Å². The summed E-state index contributed by atoms with van der Waals surface area (Å²) < 4.78 is 11.2. The molecule has 2 aliphatic rings. The van der Waals surface area contributed by atoms with Crippen molar-refractivity contribution in [1.29, 1.82) is 0 Å². The molecule has 0 spiro atoms. The minimum absolute atomic E-state index is 0.114. The maximum Gasteiger partial charge on any atom is 0.254 e. The highest BCUT2D eigenvalue weighted by atomic mass is 16.5. The fraction of sp³-hybridized carbons (Fsp3) is 0.560. The summed E-state index contributed by atoms with van der Waals surface area (Å²) in [5.41, 5.74) is 3.86. The van der Waals surface area contributed by atoms with Crippen molar-refractivity contribution < 1.29 is 24.2 Å². The number of carbonyl (C=O) groups excluding carboxylic acids is 2. The van der Waals surface area contributed by atoms with Crippen molar-refractivity contribution in [1.82, 2.24) is 5.32 Å². The third-order valence-electron chi connectivity index (χ3n) is 6.28. The number of hydrogen-bond donors (Lipinski definition) is 2. The predicted molar refractivity (Wildman–Crippen MR) is 128 cm³/mol. The molecule has 8 nitrogen and oxygen atoms in total. The molecule has 33 heavy (non-hydrogen) atoms. The predicted octanol–water partition coefficient (Wildman–Crippen LogP) is 2.66. The van der Waals surface area contributed by atoms with Gasteiger partial charge in [-0.3, -0.25) is 9.59 Å². The van der Waals surface area contributed by atoms with Crippen LogP contribution in [0.2, 0.25) is 0 Å². The van der Waals surface area contributed by atoms with Crippen molar-refractivity contribution in [3.63, 3.8) is 0 Å². The van der Waals surface area contributed by atoms with Gasteiger partial charge in [-0.15, -0.1) is 0 Å². The van der Waals surface area contributed by atoms with Crippen molar-refractivity contribution in [3.05, 3.63) is 34.9 Å². The largest absolute Gasteiger partial charge is 0.491 e. The van der Waals surface area contributed by atoms with Gasteiger partial charge in [0.1, 0.15) is 12.4 Å². The Bertz CT molecular complexity index is 934. The standard InChI is InChI=1S/C25H35N3O5/c1-5-28(19-6-9-32-10-7-19)23-14-20(33-11-8-29)13-21(18(23)4)24(30)26-15-22-16(2)12-17(3)27-25(22)31/h12-14,19,22,29H,5-11,15H2,1-4H3,(H,26,30). The lowest BCUT2D eigenvalue weighted by atomic mass is 9.95. The van der Waals surface area contributed by atoms with Crippen LogP contribution in [0.15, 0.2) is 28.8 Å². The molecule has 8 heteroatoms. The molecule has 1 aromatic carbocycles. The third-order valence-corrected chi connectivity index (χ3v) is 6.28. The van der Waals surface area contributed by atoms with Crippen LogP contribution in [0, 0.1) is 12.8 Å². The highest BCUT2D eigenvalue weighted by molar-refractivity contribution is 6.06. The second kappa shape index (κ2) is 11.4. The minimum atomic E-state index is -0.458. The average Bonchev–Trinajstić information content (AvgIpc) is 2.79. The van der Waals surface area contributed by atoms with E-state index in [4.69, 9.17) is 9.47 Å². The lowest BCUT2D eigenvalue weighted by molar-refractivity contribution is -0.120. The lowest BCUT2D eigenvalue weighted by Crippen LogP contribution is -2.40. The Hall–Kier alpha value is -2.71. The van der Waals surface area contributed by atoms with Gasteiger partial charge in [-0.25, -0.2) is 4.99 Å². The lowest BCUT2D eigenvalue weighted by Gasteiger charge is -2.36. The fourth-order valence-corrected chi connectivity index (χ4v) is 4.52. The number of allylic oxidation sites excluding steroid dienone is 1. The second-order valence-corrected chi connectivity index (χ2v) is 8.56. The Morgan fingerprint density at radius 1 is 1.27 bits per heavy atom. The fourth-order valence-electron chi connectivity index (χ4n) is 4.52. The van der Waals surface area contributed by atoms with Gasteiger partial charge < -0.3 is 24.8 Å². The van der Waals surface area contributed by atoms with E-state index in [2.05, 4.69) is 22.1 Å². The van der Waals surface area contributed by atoms with E-state index < -0.39 is 5.92 Å². The van der Waals surface area contributed by atoms with E-state index in [1.54, 1.807) is 13.0 Å². The SMILES string of the molecule is CCN(c1cc(OCCO)cc(C(=O)NCC2C(=O)N=C(C)C=C2C)c1C)C1CCOCC1. The normalized spacial score (nSPS) is 19.1.